The highest BCUT2D eigenvalue weighted by atomic mass is 15.2. The van der Waals surface area contributed by atoms with Crippen molar-refractivity contribution >= 4 is 0 Å². The quantitative estimate of drug-likeness (QED) is 0.835. The van der Waals surface area contributed by atoms with Gasteiger partial charge in [0.15, 0.2) is 0 Å². The van der Waals surface area contributed by atoms with Crippen LogP contribution in [0.5, 0.6) is 0 Å². The highest BCUT2D eigenvalue weighted by molar-refractivity contribution is 4.90. The molecule has 2 nitrogen and oxygen atoms in total. The van der Waals surface area contributed by atoms with Gasteiger partial charge in [0, 0.05) is 19.1 Å². The van der Waals surface area contributed by atoms with Gasteiger partial charge in [-0.25, -0.2) is 0 Å². The number of nitrogens with zero attached hydrogens (tertiary/aromatic N) is 1. The lowest BCUT2D eigenvalue weighted by atomic mass is 9.80. The number of hydrogen-bond donors (Lipinski definition) is 1. The average Bonchev–Trinajstić information content (AvgIpc) is 2.81. The van der Waals surface area contributed by atoms with Crippen LogP contribution in [0, 0.1) is 17.3 Å². The molecule has 2 fully saturated rings. The van der Waals surface area contributed by atoms with E-state index in [2.05, 4.69) is 25.7 Å². The van der Waals surface area contributed by atoms with E-state index in [0.29, 0.717) is 11.5 Å². The third-order valence-corrected chi connectivity index (χ3v) is 5.35. The molecule has 0 aromatic carbocycles. The van der Waals surface area contributed by atoms with Crippen molar-refractivity contribution in [1.29, 1.82) is 0 Å². The molecule has 0 bridgehead atoms. The lowest BCUT2D eigenvalue weighted by molar-refractivity contribution is 0.131. The summed E-state index contributed by atoms with van der Waals surface area (Å²) in [4.78, 5) is 2.71. The van der Waals surface area contributed by atoms with Gasteiger partial charge in [-0.1, -0.05) is 40.0 Å². The fourth-order valence-electron chi connectivity index (χ4n) is 3.95. The van der Waals surface area contributed by atoms with Crippen LogP contribution in [0.2, 0.25) is 0 Å². The average molecular weight is 252 g/mol. The maximum Gasteiger partial charge on any atom is 0.0246 e. The Hall–Kier alpha value is -0.0800. The summed E-state index contributed by atoms with van der Waals surface area (Å²) >= 11 is 0. The maximum atomic E-state index is 6.10. The first-order chi connectivity index (χ1) is 8.52. The Morgan fingerprint density at radius 1 is 1.11 bits per heavy atom. The van der Waals surface area contributed by atoms with Crippen LogP contribution in [0.3, 0.4) is 0 Å². The molecule has 1 saturated carbocycles. The summed E-state index contributed by atoms with van der Waals surface area (Å²) in [6.45, 7) is 10.6. The second kappa shape index (κ2) is 5.92. The highest BCUT2D eigenvalue weighted by Crippen LogP contribution is 2.37. The van der Waals surface area contributed by atoms with Gasteiger partial charge in [-0.15, -0.1) is 0 Å². The Balaban J connectivity index is 1.93. The number of nitrogens with two attached hydrogens (primary N) is 1. The van der Waals surface area contributed by atoms with E-state index in [9.17, 15) is 0 Å². The summed E-state index contributed by atoms with van der Waals surface area (Å²) in [6, 6.07) is 0.664. The van der Waals surface area contributed by atoms with Gasteiger partial charge in [0.1, 0.15) is 0 Å². The van der Waals surface area contributed by atoms with E-state index < -0.39 is 0 Å². The Morgan fingerprint density at radius 2 is 1.78 bits per heavy atom. The minimum atomic E-state index is 0.459. The number of rotatable bonds is 3. The number of hydrogen-bond acceptors (Lipinski definition) is 2. The van der Waals surface area contributed by atoms with Gasteiger partial charge in [-0.05, 0) is 43.1 Å². The van der Waals surface area contributed by atoms with Crippen molar-refractivity contribution in [2.45, 2.75) is 65.3 Å². The van der Waals surface area contributed by atoms with Crippen LogP contribution in [0.4, 0.5) is 0 Å². The van der Waals surface area contributed by atoms with Crippen molar-refractivity contribution in [3.63, 3.8) is 0 Å². The normalized spacial score (nSPS) is 29.7. The zero-order chi connectivity index (χ0) is 13.2. The highest BCUT2D eigenvalue weighted by Gasteiger charge is 2.36. The van der Waals surface area contributed by atoms with Crippen LogP contribution in [-0.4, -0.2) is 30.6 Å². The third-order valence-electron chi connectivity index (χ3n) is 5.35. The molecule has 1 aliphatic heterocycles. The van der Waals surface area contributed by atoms with Gasteiger partial charge in [-0.3, -0.25) is 4.90 Å². The van der Waals surface area contributed by atoms with Crippen molar-refractivity contribution in [3.05, 3.63) is 0 Å². The van der Waals surface area contributed by atoms with Crippen LogP contribution in [0.15, 0.2) is 0 Å². The molecule has 1 aliphatic carbocycles. The number of likely N-dealkylation sites (tertiary alicyclic amines) is 1. The van der Waals surface area contributed by atoms with Gasteiger partial charge in [0.2, 0.25) is 0 Å². The molecular formula is C16H32N2. The van der Waals surface area contributed by atoms with Crippen molar-refractivity contribution in [2.24, 2.45) is 23.0 Å². The summed E-state index contributed by atoms with van der Waals surface area (Å²) in [5.41, 5.74) is 6.56. The van der Waals surface area contributed by atoms with Crippen molar-refractivity contribution in [2.75, 3.05) is 19.6 Å². The molecule has 18 heavy (non-hydrogen) atoms. The zero-order valence-corrected chi connectivity index (χ0v) is 12.6. The lowest BCUT2D eigenvalue weighted by Gasteiger charge is -2.37. The summed E-state index contributed by atoms with van der Waals surface area (Å²) in [6.07, 6.45) is 8.50. The van der Waals surface area contributed by atoms with Crippen molar-refractivity contribution in [1.82, 2.24) is 4.90 Å². The van der Waals surface area contributed by atoms with Crippen LogP contribution >= 0.6 is 0 Å². The molecule has 0 radical (unpaired) electrons. The fraction of sp³-hybridized carbons (Fsp3) is 1.00. The summed E-state index contributed by atoms with van der Waals surface area (Å²) < 4.78 is 0. The first kappa shape index (κ1) is 14.3. The Morgan fingerprint density at radius 3 is 2.28 bits per heavy atom. The second-order valence-electron chi connectivity index (χ2n) is 7.55. The molecule has 0 amide bonds. The summed E-state index contributed by atoms with van der Waals surface area (Å²) in [5.74, 6) is 1.73. The molecule has 2 atom stereocenters. The van der Waals surface area contributed by atoms with Gasteiger partial charge in [0.05, 0.1) is 0 Å². The van der Waals surface area contributed by atoms with Crippen LogP contribution in [0.25, 0.3) is 0 Å². The predicted octanol–water partition coefficient (Wildman–Crippen LogP) is 3.26. The third kappa shape index (κ3) is 3.27. The summed E-state index contributed by atoms with van der Waals surface area (Å²) in [5, 5.41) is 0. The molecular weight excluding hydrogens is 220 g/mol. The van der Waals surface area contributed by atoms with Gasteiger partial charge in [-0.2, -0.15) is 0 Å². The molecule has 106 valence electrons. The first-order valence-corrected chi connectivity index (χ1v) is 7.96. The minimum Gasteiger partial charge on any atom is -0.329 e. The van der Waals surface area contributed by atoms with E-state index in [4.69, 9.17) is 5.73 Å². The van der Waals surface area contributed by atoms with Gasteiger partial charge in [0.25, 0.3) is 0 Å². The van der Waals surface area contributed by atoms with E-state index in [1.54, 1.807) is 0 Å². The van der Waals surface area contributed by atoms with Crippen molar-refractivity contribution < 1.29 is 0 Å². The topological polar surface area (TPSA) is 29.3 Å². The van der Waals surface area contributed by atoms with Crippen LogP contribution in [0.1, 0.15) is 59.3 Å². The van der Waals surface area contributed by atoms with Gasteiger partial charge < -0.3 is 5.73 Å². The molecule has 1 saturated heterocycles. The van der Waals surface area contributed by atoms with Crippen LogP contribution in [-0.2, 0) is 0 Å². The molecule has 0 aromatic rings. The SMILES string of the molecule is CC(C)(C)C1CCN(C(CN)C2CCCCC2)C1. The fourth-order valence-corrected chi connectivity index (χ4v) is 3.95. The molecule has 2 aliphatic rings. The molecule has 2 unspecified atom stereocenters. The minimum absolute atomic E-state index is 0.459. The second-order valence-corrected chi connectivity index (χ2v) is 7.55. The van der Waals surface area contributed by atoms with E-state index >= 15 is 0 Å². The maximum absolute atomic E-state index is 6.10. The van der Waals surface area contributed by atoms with E-state index in [1.165, 1.54) is 51.6 Å². The first-order valence-electron chi connectivity index (χ1n) is 7.96. The Labute approximate surface area is 113 Å². The molecule has 2 heteroatoms. The van der Waals surface area contributed by atoms with E-state index in [1.807, 2.05) is 0 Å². The van der Waals surface area contributed by atoms with Crippen molar-refractivity contribution in [3.8, 4) is 0 Å². The van der Waals surface area contributed by atoms with E-state index in [-0.39, 0.29) is 0 Å². The van der Waals surface area contributed by atoms with Gasteiger partial charge >= 0.3 is 0 Å². The predicted molar refractivity (Wildman–Crippen MR) is 78.6 cm³/mol. The molecule has 2 N–H and O–H groups in total. The molecule has 1 heterocycles. The van der Waals surface area contributed by atoms with Crippen LogP contribution < -0.4 is 5.73 Å². The molecule has 0 aromatic heterocycles. The summed E-state index contributed by atoms with van der Waals surface area (Å²) in [7, 11) is 0. The lowest BCUT2D eigenvalue weighted by Crippen LogP contribution is -2.45. The largest absolute Gasteiger partial charge is 0.329 e. The standard InChI is InChI=1S/C16H32N2/c1-16(2,3)14-9-10-18(12-14)15(11-17)13-7-5-4-6-8-13/h13-15H,4-12,17H2,1-3H3. The smallest absolute Gasteiger partial charge is 0.0246 e. The molecule has 0 spiro atoms. The Kier molecular flexibility index (Phi) is 4.71. The Bertz CT molecular complexity index is 250. The molecule has 2 rings (SSSR count). The monoisotopic (exact) mass is 252 g/mol. The zero-order valence-electron chi connectivity index (χ0n) is 12.6. The van der Waals surface area contributed by atoms with E-state index in [0.717, 1.165) is 18.4 Å².